The van der Waals surface area contributed by atoms with E-state index in [0.29, 0.717) is 0 Å². The molecular formula is C36H30IrN4O-2. The molecular weight excluding hydrogens is 697 g/mol. The van der Waals surface area contributed by atoms with Crippen LogP contribution in [0.15, 0.2) is 109 Å². The normalized spacial score (nSPS) is 14.6. The van der Waals surface area contributed by atoms with Crippen molar-refractivity contribution in [1.29, 1.82) is 0 Å². The van der Waals surface area contributed by atoms with Gasteiger partial charge in [0.1, 0.15) is 5.75 Å². The quantitative estimate of drug-likeness (QED) is 0.160. The zero-order valence-electron chi connectivity index (χ0n) is 23.9. The molecule has 2 aliphatic heterocycles. The molecule has 42 heavy (non-hydrogen) atoms. The van der Waals surface area contributed by atoms with Crippen LogP contribution in [0, 0.1) is 12.1 Å². The van der Waals surface area contributed by atoms with Crippen molar-refractivity contribution >= 4 is 0 Å². The molecule has 6 heteroatoms. The minimum atomic E-state index is 0. The van der Waals surface area contributed by atoms with Gasteiger partial charge in [-0.2, -0.15) is 58.7 Å². The number of aromatic nitrogens is 4. The summed E-state index contributed by atoms with van der Waals surface area (Å²) in [5.74, 6) is 1.55. The van der Waals surface area contributed by atoms with Crippen LogP contribution in [0.4, 0.5) is 0 Å². The van der Waals surface area contributed by atoms with Crippen molar-refractivity contribution < 1.29 is 24.8 Å². The van der Waals surface area contributed by atoms with Gasteiger partial charge in [0.15, 0.2) is 0 Å². The van der Waals surface area contributed by atoms with Gasteiger partial charge in [-0.1, -0.05) is 70.2 Å². The van der Waals surface area contributed by atoms with Crippen molar-refractivity contribution in [3.8, 4) is 45.3 Å². The molecule has 211 valence electrons. The van der Waals surface area contributed by atoms with Crippen molar-refractivity contribution in [3.63, 3.8) is 0 Å². The topological polar surface area (TPSA) is 44.9 Å². The first kappa shape index (κ1) is 27.9. The van der Waals surface area contributed by atoms with Crippen molar-refractivity contribution in [2.45, 2.75) is 38.5 Å². The molecule has 2 aliphatic rings. The first-order valence-electron chi connectivity index (χ1n) is 13.9. The molecule has 1 radical (unpaired) electrons. The number of rotatable bonds is 1. The minimum absolute atomic E-state index is 0. The average Bonchev–Trinajstić information content (AvgIpc) is 3.64. The second-order valence-electron chi connectivity index (χ2n) is 11.5. The van der Waals surface area contributed by atoms with E-state index in [2.05, 4.69) is 92.5 Å². The molecule has 0 fully saturated rings. The molecule has 0 atom stereocenters. The third kappa shape index (κ3) is 4.25. The maximum atomic E-state index is 6.29. The Balaban J connectivity index is 0.000000155. The Bertz CT molecular complexity index is 1880. The average molecular weight is 727 g/mol. The van der Waals surface area contributed by atoms with Crippen LogP contribution in [0.3, 0.4) is 0 Å². The summed E-state index contributed by atoms with van der Waals surface area (Å²) >= 11 is 0. The Hall–Kier alpha value is -4.25. The number of para-hydroxylation sites is 3. The van der Waals surface area contributed by atoms with E-state index in [1.807, 2.05) is 71.7 Å². The van der Waals surface area contributed by atoms with Crippen molar-refractivity contribution in [1.82, 2.24) is 19.6 Å². The number of hydrogen-bond donors (Lipinski definition) is 0. The Kier molecular flexibility index (Phi) is 7.00. The van der Waals surface area contributed by atoms with E-state index in [1.54, 1.807) is 4.68 Å². The summed E-state index contributed by atoms with van der Waals surface area (Å²) < 4.78 is 10.1. The summed E-state index contributed by atoms with van der Waals surface area (Å²) in [6, 6.07) is 39.1. The van der Waals surface area contributed by atoms with Gasteiger partial charge in [-0.15, -0.1) is 11.6 Å². The number of ether oxygens (including phenoxy) is 1. The van der Waals surface area contributed by atoms with Gasteiger partial charge in [0.25, 0.3) is 0 Å². The molecule has 0 unspecified atom stereocenters. The predicted octanol–water partition coefficient (Wildman–Crippen LogP) is 8.35. The largest absolute Gasteiger partial charge is 0.438 e. The van der Waals surface area contributed by atoms with Gasteiger partial charge in [-0.25, -0.2) is 4.68 Å². The summed E-state index contributed by atoms with van der Waals surface area (Å²) in [6.07, 6.45) is 3.74. The van der Waals surface area contributed by atoms with Gasteiger partial charge in [0.2, 0.25) is 5.88 Å². The monoisotopic (exact) mass is 727 g/mol. The Morgan fingerprint density at radius 3 is 2.10 bits per heavy atom. The van der Waals surface area contributed by atoms with Gasteiger partial charge in [0.05, 0.1) is 11.8 Å². The molecule has 0 saturated heterocycles. The summed E-state index contributed by atoms with van der Waals surface area (Å²) in [5, 5.41) is 8.99. The molecule has 2 aromatic heterocycles. The Morgan fingerprint density at radius 2 is 1.33 bits per heavy atom. The third-order valence-electron chi connectivity index (χ3n) is 8.81. The molecule has 6 aromatic rings. The number of hydrogen-bond acceptors (Lipinski definition) is 3. The van der Waals surface area contributed by atoms with Crippen LogP contribution in [0.5, 0.6) is 11.6 Å². The van der Waals surface area contributed by atoms with Crippen LogP contribution < -0.4 is 4.74 Å². The first-order valence-corrected chi connectivity index (χ1v) is 13.9. The third-order valence-corrected chi connectivity index (χ3v) is 8.81. The van der Waals surface area contributed by atoms with E-state index in [9.17, 15) is 0 Å². The minimum Gasteiger partial charge on any atom is -0.438 e. The SMILES string of the molecule is CC1(C)c2ccc[c-]c2-n2nccc2C1(C)C.[Ir].[c-]1ccccc1-n1ncc2c1Oc1ccccc1-c1ccccc1-2. The number of nitrogens with zero attached hydrogens (tertiary/aromatic N) is 4. The van der Waals surface area contributed by atoms with Crippen LogP contribution in [0.25, 0.3) is 33.6 Å². The Morgan fingerprint density at radius 1 is 0.643 bits per heavy atom. The second-order valence-corrected chi connectivity index (χ2v) is 11.5. The van der Waals surface area contributed by atoms with Gasteiger partial charge >= 0.3 is 0 Å². The first-order chi connectivity index (χ1) is 19.9. The molecule has 4 heterocycles. The van der Waals surface area contributed by atoms with E-state index < -0.39 is 0 Å². The van der Waals surface area contributed by atoms with Crippen LogP contribution >= 0.6 is 0 Å². The number of fused-ring (bicyclic) bond motifs is 8. The smallest absolute Gasteiger partial charge is 0.228 e. The summed E-state index contributed by atoms with van der Waals surface area (Å²) in [6.45, 7) is 9.18. The molecule has 8 rings (SSSR count). The van der Waals surface area contributed by atoms with Gasteiger partial charge in [-0.3, -0.25) is 4.68 Å². The van der Waals surface area contributed by atoms with E-state index in [1.165, 1.54) is 11.3 Å². The fraction of sp³-hybridized carbons (Fsp3) is 0.167. The second kappa shape index (κ2) is 10.5. The van der Waals surface area contributed by atoms with Crippen LogP contribution in [-0.2, 0) is 30.9 Å². The standard InChI is InChI=1S/C21H13N2O.C15H17N2.Ir/c1-2-8-15(9-3-1)23-21-19(14-22-23)17-11-5-4-10-16(17)18-12-6-7-13-20(18)24-21;1-14(2)11-7-5-6-8-12(11)17-13(9-10-16-17)15(14,3)4;/h1-8,10-14H;5-7,9-10H,1-4H3;/q2*-1;. The fourth-order valence-corrected chi connectivity index (χ4v) is 5.86. The van der Waals surface area contributed by atoms with Gasteiger partial charge < -0.3 is 4.74 Å². The molecule has 0 saturated carbocycles. The van der Waals surface area contributed by atoms with Crippen molar-refractivity contribution in [2.75, 3.05) is 0 Å². The van der Waals surface area contributed by atoms with E-state index >= 15 is 0 Å². The van der Waals surface area contributed by atoms with Crippen molar-refractivity contribution in [3.05, 3.63) is 133 Å². The van der Waals surface area contributed by atoms with E-state index in [0.717, 1.165) is 45.3 Å². The van der Waals surface area contributed by atoms with E-state index in [-0.39, 0.29) is 30.9 Å². The summed E-state index contributed by atoms with van der Waals surface area (Å²) in [5.41, 5.74) is 9.03. The zero-order chi connectivity index (χ0) is 28.2. The predicted molar refractivity (Wildman–Crippen MR) is 162 cm³/mol. The van der Waals surface area contributed by atoms with Crippen molar-refractivity contribution in [2.24, 2.45) is 0 Å². The molecule has 4 aromatic carbocycles. The maximum Gasteiger partial charge on any atom is 0.228 e. The summed E-state index contributed by atoms with van der Waals surface area (Å²) in [7, 11) is 0. The zero-order valence-corrected chi connectivity index (χ0v) is 26.3. The molecule has 0 bridgehead atoms. The maximum absolute atomic E-state index is 6.29. The molecule has 0 spiro atoms. The van der Waals surface area contributed by atoms with Gasteiger partial charge in [-0.05, 0) is 40.0 Å². The Labute approximate surface area is 260 Å². The summed E-state index contributed by atoms with van der Waals surface area (Å²) in [4.78, 5) is 0. The van der Waals surface area contributed by atoms with Crippen LogP contribution in [0.2, 0.25) is 0 Å². The molecule has 0 amide bonds. The molecule has 5 nitrogen and oxygen atoms in total. The molecule has 0 N–H and O–H groups in total. The van der Waals surface area contributed by atoms with Crippen LogP contribution in [0.1, 0.15) is 39.0 Å². The fourth-order valence-electron chi connectivity index (χ4n) is 5.86. The molecule has 0 aliphatic carbocycles. The van der Waals surface area contributed by atoms with Crippen LogP contribution in [-0.4, -0.2) is 19.6 Å². The number of benzene rings is 4. The van der Waals surface area contributed by atoms with E-state index in [4.69, 9.17) is 4.74 Å². The van der Waals surface area contributed by atoms with Gasteiger partial charge in [0, 0.05) is 43.0 Å².